The number of hydrogen-bond acceptors (Lipinski definition) is 4. The molecule has 1 aromatic rings. The zero-order valence-corrected chi connectivity index (χ0v) is 11.6. The lowest BCUT2D eigenvalue weighted by atomic mass is 10.0. The van der Waals surface area contributed by atoms with E-state index in [2.05, 4.69) is 4.90 Å². The summed E-state index contributed by atoms with van der Waals surface area (Å²) in [5, 5.41) is 0. The summed E-state index contributed by atoms with van der Waals surface area (Å²) < 4.78 is 10.6. The average Bonchev–Trinajstić information content (AvgIpc) is 2.29. The highest BCUT2D eigenvalue weighted by Crippen LogP contribution is 2.30. The van der Waals surface area contributed by atoms with Crippen molar-refractivity contribution in [1.82, 2.24) is 4.90 Å². The molecule has 0 fully saturated rings. The highest BCUT2D eigenvalue weighted by Gasteiger charge is 2.17. The second-order valence-electron chi connectivity index (χ2n) is 3.82. The highest BCUT2D eigenvalue weighted by atomic mass is 35.5. The Balaban J connectivity index is 0.00000256. The third-order valence-electron chi connectivity index (χ3n) is 2.64. The second kappa shape index (κ2) is 7.37. The molecule has 1 rings (SSSR count). The number of rotatable bonds is 5. The van der Waals surface area contributed by atoms with Gasteiger partial charge in [-0.25, -0.2) is 0 Å². The molecular formula is C12H21ClN2O2. The largest absolute Gasteiger partial charge is 0.497 e. The monoisotopic (exact) mass is 260 g/mol. The van der Waals surface area contributed by atoms with E-state index < -0.39 is 0 Å². The molecule has 1 atom stereocenters. The maximum Gasteiger partial charge on any atom is 0.123 e. The molecule has 0 aliphatic carbocycles. The standard InChI is InChI=1S/C12H20N2O2.ClH/c1-14(2)11(8-13)10-7-9(15-3)5-6-12(10)16-4;/h5-7,11H,8,13H2,1-4H3;1H. The zero-order chi connectivity index (χ0) is 12.1. The minimum atomic E-state index is 0. The molecule has 0 radical (unpaired) electrons. The van der Waals surface area contributed by atoms with Crippen molar-refractivity contribution in [2.45, 2.75) is 6.04 Å². The van der Waals surface area contributed by atoms with Crippen molar-refractivity contribution in [2.75, 3.05) is 34.9 Å². The van der Waals surface area contributed by atoms with E-state index in [0.717, 1.165) is 17.1 Å². The number of ether oxygens (including phenoxy) is 2. The molecule has 0 amide bonds. The van der Waals surface area contributed by atoms with Crippen LogP contribution in [0.5, 0.6) is 11.5 Å². The molecule has 0 heterocycles. The van der Waals surface area contributed by atoms with Crippen LogP contribution >= 0.6 is 12.4 Å². The van der Waals surface area contributed by atoms with Crippen LogP contribution in [0.3, 0.4) is 0 Å². The summed E-state index contributed by atoms with van der Waals surface area (Å²) in [6.45, 7) is 0.538. The maximum absolute atomic E-state index is 5.78. The highest BCUT2D eigenvalue weighted by molar-refractivity contribution is 5.85. The van der Waals surface area contributed by atoms with Crippen molar-refractivity contribution in [3.8, 4) is 11.5 Å². The Labute approximate surface area is 109 Å². The molecule has 98 valence electrons. The number of nitrogens with zero attached hydrogens (tertiary/aromatic N) is 1. The first-order valence-electron chi connectivity index (χ1n) is 5.22. The van der Waals surface area contributed by atoms with Crippen LogP contribution in [0.4, 0.5) is 0 Å². The fourth-order valence-electron chi connectivity index (χ4n) is 1.72. The van der Waals surface area contributed by atoms with Gasteiger partial charge in [-0.3, -0.25) is 0 Å². The number of hydrogen-bond donors (Lipinski definition) is 1. The van der Waals surface area contributed by atoms with Gasteiger partial charge in [-0.15, -0.1) is 12.4 Å². The normalized spacial score (nSPS) is 11.9. The molecule has 4 nitrogen and oxygen atoms in total. The van der Waals surface area contributed by atoms with Gasteiger partial charge in [0.15, 0.2) is 0 Å². The van der Waals surface area contributed by atoms with Crippen LogP contribution in [0.15, 0.2) is 18.2 Å². The first-order valence-corrected chi connectivity index (χ1v) is 5.22. The fraction of sp³-hybridized carbons (Fsp3) is 0.500. The third-order valence-corrected chi connectivity index (χ3v) is 2.64. The zero-order valence-electron chi connectivity index (χ0n) is 10.8. The summed E-state index contributed by atoms with van der Waals surface area (Å²) in [6, 6.07) is 5.88. The van der Waals surface area contributed by atoms with Gasteiger partial charge in [0.25, 0.3) is 0 Å². The van der Waals surface area contributed by atoms with Gasteiger partial charge in [0.2, 0.25) is 0 Å². The summed E-state index contributed by atoms with van der Waals surface area (Å²) in [4.78, 5) is 2.07. The van der Waals surface area contributed by atoms with E-state index in [0.29, 0.717) is 6.54 Å². The van der Waals surface area contributed by atoms with Crippen LogP contribution in [-0.4, -0.2) is 39.8 Å². The Hall–Kier alpha value is -0.970. The third kappa shape index (κ3) is 3.77. The van der Waals surface area contributed by atoms with Crippen molar-refractivity contribution >= 4 is 12.4 Å². The van der Waals surface area contributed by atoms with Crippen molar-refractivity contribution in [3.05, 3.63) is 23.8 Å². The molecular weight excluding hydrogens is 240 g/mol. The van der Waals surface area contributed by atoms with E-state index in [1.165, 1.54) is 0 Å². The summed E-state index contributed by atoms with van der Waals surface area (Å²) in [7, 11) is 7.31. The lowest BCUT2D eigenvalue weighted by molar-refractivity contribution is 0.293. The minimum Gasteiger partial charge on any atom is -0.497 e. The van der Waals surface area contributed by atoms with Crippen LogP contribution < -0.4 is 15.2 Å². The maximum atomic E-state index is 5.78. The van der Waals surface area contributed by atoms with E-state index in [4.69, 9.17) is 15.2 Å². The second-order valence-corrected chi connectivity index (χ2v) is 3.82. The van der Waals surface area contributed by atoms with Gasteiger partial charge in [-0.2, -0.15) is 0 Å². The van der Waals surface area contributed by atoms with Gasteiger partial charge >= 0.3 is 0 Å². The first-order chi connectivity index (χ1) is 7.63. The molecule has 0 aromatic heterocycles. The topological polar surface area (TPSA) is 47.7 Å². The van der Waals surface area contributed by atoms with E-state index in [9.17, 15) is 0 Å². The Bertz CT molecular complexity index is 345. The van der Waals surface area contributed by atoms with Crippen LogP contribution in [0.1, 0.15) is 11.6 Å². The lowest BCUT2D eigenvalue weighted by Crippen LogP contribution is -2.27. The number of halogens is 1. The molecule has 5 heteroatoms. The fourth-order valence-corrected chi connectivity index (χ4v) is 1.72. The van der Waals surface area contributed by atoms with E-state index in [1.807, 2.05) is 32.3 Å². The van der Waals surface area contributed by atoms with Crippen molar-refractivity contribution in [1.29, 1.82) is 0 Å². The summed E-state index contributed by atoms with van der Waals surface area (Å²) in [5.74, 6) is 1.65. The van der Waals surface area contributed by atoms with E-state index in [-0.39, 0.29) is 18.4 Å². The van der Waals surface area contributed by atoms with Crippen molar-refractivity contribution in [2.24, 2.45) is 5.73 Å². The lowest BCUT2D eigenvalue weighted by Gasteiger charge is -2.25. The quantitative estimate of drug-likeness (QED) is 0.875. The molecule has 0 bridgehead atoms. The predicted molar refractivity (Wildman–Crippen MR) is 72.3 cm³/mol. The number of likely N-dealkylation sites (N-methyl/N-ethyl adjacent to an activating group) is 1. The van der Waals surface area contributed by atoms with Crippen LogP contribution in [0.2, 0.25) is 0 Å². The number of benzene rings is 1. The summed E-state index contributed by atoms with van der Waals surface area (Å²) in [6.07, 6.45) is 0. The molecule has 2 N–H and O–H groups in total. The summed E-state index contributed by atoms with van der Waals surface area (Å²) in [5.41, 5.74) is 6.83. The smallest absolute Gasteiger partial charge is 0.123 e. The van der Waals surface area contributed by atoms with Gasteiger partial charge < -0.3 is 20.1 Å². The Morgan fingerprint density at radius 3 is 2.29 bits per heavy atom. The van der Waals surface area contributed by atoms with Crippen molar-refractivity contribution < 1.29 is 9.47 Å². The molecule has 0 saturated heterocycles. The summed E-state index contributed by atoms with van der Waals surface area (Å²) >= 11 is 0. The van der Waals surface area contributed by atoms with Crippen LogP contribution in [0, 0.1) is 0 Å². The number of nitrogens with two attached hydrogens (primary N) is 1. The first kappa shape index (κ1) is 16.0. The van der Waals surface area contributed by atoms with Gasteiger partial charge in [-0.05, 0) is 32.3 Å². The van der Waals surface area contributed by atoms with E-state index >= 15 is 0 Å². The van der Waals surface area contributed by atoms with Gasteiger partial charge in [0.05, 0.1) is 20.3 Å². The Kier molecular flexibility index (Phi) is 6.95. The molecule has 0 aliphatic rings. The van der Waals surface area contributed by atoms with Crippen molar-refractivity contribution in [3.63, 3.8) is 0 Å². The molecule has 0 spiro atoms. The molecule has 0 aliphatic heterocycles. The minimum absolute atomic E-state index is 0. The van der Waals surface area contributed by atoms with E-state index in [1.54, 1.807) is 14.2 Å². The van der Waals surface area contributed by atoms with Gasteiger partial charge in [-0.1, -0.05) is 0 Å². The predicted octanol–water partition coefficient (Wildman–Crippen LogP) is 1.69. The molecule has 17 heavy (non-hydrogen) atoms. The Morgan fingerprint density at radius 2 is 1.88 bits per heavy atom. The molecule has 0 saturated carbocycles. The SMILES string of the molecule is COc1ccc(OC)c(C(CN)N(C)C)c1.Cl. The molecule has 1 unspecified atom stereocenters. The van der Waals surface area contributed by atoms with Gasteiger partial charge in [0, 0.05) is 12.1 Å². The van der Waals surface area contributed by atoms with Crippen LogP contribution in [0.25, 0.3) is 0 Å². The van der Waals surface area contributed by atoms with Gasteiger partial charge in [0.1, 0.15) is 11.5 Å². The average molecular weight is 261 g/mol. The van der Waals surface area contributed by atoms with Crippen LogP contribution in [-0.2, 0) is 0 Å². The Morgan fingerprint density at radius 1 is 1.24 bits per heavy atom. The number of methoxy groups -OCH3 is 2. The molecule has 1 aromatic carbocycles.